The lowest BCUT2D eigenvalue weighted by Crippen LogP contribution is -2.40. The number of ether oxygens (including phenoxy) is 1. The van der Waals surface area contributed by atoms with Crippen LogP contribution >= 0.6 is 0 Å². The van der Waals surface area contributed by atoms with Crippen LogP contribution in [0.25, 0.3) is 4.85 Å². The highest BCUT2D eigenvalue weighted by Gasteiger charge is 2.45. The summed E-state index contributed by atoms with van der Waals surface area (Å²) in [5, 5.41) is 0. The Hall–Kier alpha value is -2.35. The number of likely N-dealkylation sites (N-methyl/N-ethyl adjacent to an activating group) is 1. The Labute approximate surface area is 150 Å². The van der Waals surface area contributed by atoms with Crippen LogP contribution in [0.5, 0.6) is 0 Å². The number of hydrogen-bond donors (Lipinski definition) is 0. The van der Waals surface area contributed by atoms with Crippen molar-refractivity contribution in [3.8, 4) is 0 Å². The lowest BCUT2D eigenvalue weighted by Gasteiger charge is -2.29. The fraction of sp³-hybridized carbons (Fsp3) is 0.550. The topological polar surface area (TPSA) is 51.0 Å². The Morgan fingerprint density at radius 2 is 1.76 bits per heavy atom. The number of benzene rings is 1. The number of rotatable bonds is 8. The number of amides is 1. The summed E-state index contributed by atoms with van der Waals surface area (Å²) in [6.45, 7) is 15.9. The number of hydrogen-bond acceptors (Lipinski definition) is 3. The van der Waals surface area contributed by atoms with Crippen LogP contribution in [0.4, 0.5) is 0 Å². The highest BCUT2D eigenvalue weighted by atomic mass is 16.5. The van der Waals surface area contributed by atoms with Crippen molar-refractivity contribution in [2.45, 2.75) is 45.6 Å². The smallest absolute Gasteiger partial charge is 0.316 e. The molecule has 0 fully saturated rings. The maximum atomic E-state index is 13.1. The van der Waals surface area contributed by atoms with Gasteiger partial charge in [-0.2, -0.15) is 0 Å². The van der Waals surface area contributed by atoms with E-state index < -0.39 is 23.3 Å². The average Bonchev–Trinajstić information content (AvgIpc) is 2.63. The minimum absolute atomic E-state index is 0.0223. The van der Waals surface area contributed by atoms with Crippen molar-refractivity contribution in [1.82, 2.24) is 4.90 Å². The summed E-state index contributed by atoms with van der Waals surface area (Å²) in [6, 6.07) is 9.44. The van der Waals surface area contributed by atoms with Gasteiger partial charge in [-0.05, 0) is 25.8 Å². The summed E-state index contributed by atoms with van der Waals surface area (Å²) in [6.07, 6.45) is 0.251. The predicted molar refractivity (Wildman–Crippen MR) is 97.9 cm³/mol. The minimum Gasteiger partial charge on any atom is -0.469 e. The van der Waals surface area contributed by atoms with Crippen LogP contribution in [0.3, 0.4) is 0 Å². The van der Waals surface area contributed by atoms with Gasteiger partial charge in [0.1, 0.15) is 5.92 Å². The SMILES string of the molecule is [C-]#[N+]C(C)(C)C(CC(C(=O)N(CC)CC)c1ccccc1)C(=O)OC. The molecular formula is C20H28N2O3. The van der Waals surface area contributed by atoms with E-state index in [1.54, 1.807) is 18.7 Å². The molecule has 1 aromatic carbocycles. The molecule has 0 N–H and O–H groups in total. The Bertz CT molecular complexity index is 616. The standard InChI is InChI=1S/C20H28N2O3/c1-7-22(8-2)18(23)16(15-12-10-9-11-13-15)14-17(19(24)25-6)20(3,4)21-5/h9-13,16-17H,7-8,14H2,1-4,6H3. The summed E-state index contributed by atoms with van der Waals surface area (Å²) in [5.74, 6) is -1.63. The Morgan fingerprint density at radius 3 is 2.20 bits per heavy atom. The first-order chi connectivity index (χ1) is 11.8. The van der Waals surface area contributed by atoms with Gasteiger partial charge in [-0.15, -0.1) is 0 Å². The lowest BCUT2D eigenvalue weighted by atomic mass is 9.78. The van der Waals surface area contributed by atoms with Gasteiger partial charge in [0.15, 0.2) is 0 Å². The second-order valence-electron chi connectivity index (χ2n) is 6.55. The Kier molecular flexibility index (Phi) is 7.63. The number of carbonyl (C=O) groups is 2. The maximum Gasteiger partial charge on any atom is 0.316 e. The van der Waals surface area contributed by atoms with Crippen LogP contribution in [0.15, 0.2) is 30.3 Å². The number of methoxy groups -OCH3 is 1. The molecule has 0 aliphatic rings. The van der Waals surface area contributed by atoms with Crippen LogP contribution in [0, 0.1) is 12.5 Å². The minimum atomic E-state index is -0.941. The molecular weight excluding hydrogens is 316 g/mol. The first-order valence-electron chi connectivity index (χ1n) is 8.62. The first kappa shape index (κ1) is 20.7. The van der Waals surface area contributed by atoms with Gasteiger partial charge in [-0.1, -0.05) is 30.3 Å². The largest absolute Gasteiger partial charge is 0.469 e. The molecule has 0 radical (unpaired) electrons. The maximum absolute atomic E-state index is 13.1. The molecule has 0 aliphatic carbocycles. The molecule has 1 aromatic rings. The van der Waals surface area contributed by atoms with E-state index in [0.29, 0.717) is 13.1 Å². The van der Waals surface area contributed by atoms with Crippen LogP contribution in [-0.2, 0) is 14.3 Å². The summed E-state index contributed by atoms with van der Waals surface area (Å²) in [5.41, 5.74) is -0.0852. The summed E-state index contributed by atoms with van der Waals surface area (Å²) < 4.78 is 4.92. The van der Waals surface area contributed by atoms with Crippen LogP contribution in [-0.4, -0.2) is 42.5 Å². The van der Waals surface area contributed by atoms with Gasteiger partial charge < -0.3 is 14.5 Å². The van der Waals surface area contributed by atoms with Crippen molar-refractivity contribution in [3.63, 3.8) is 0 Å². The molecule has 2 unspecified atom stereocenters. The molecule has 136 valence electrons. The van der Waals surface area contributed by atoms with E-state index in [9.17, 15) is 9.59 Å². The number of esters is 1. The quantitative estimate of drug-likeness (QED) is 0.535. The van der Waals surface area contributed by atoms with Gasteiger partial charge in [0.05, 0.1) is 13.0 Å². The van der Waals surface area contributed by atoms with Gasteiger partial charge in [-0.25, -0.2) is 6.57 Å². The van der Waals surface area contributed by atoms with Gasteiger partial charge >= 0.3 is 5.97 Å². The van der Waals surface area contributed by atoms with Crippen molar-refractivity contribution < 1.29 is 14.3 Å². The van der Waals surface area contributed by atoms with Crippen molar-refractivity contribution in [1.29, 1.82) is 0 Å². The van der Waals surface area contributed by atoms with E-state index in [0.717, 1.165) is 5.56 Å². The van der Waals surface area contributed by atoms with Crippen LogP contribution < -0.4 is 0 Å². The molecule has 0 bridgehead atoms. The van der Waals surface area contributed by atoms with E-state index in [1.807, 2.05) is 44.2 Å². The lowest BCUT2D eigenvalue weighted by molar-refractivity contribution is -0.147. The normalized spacial score (nSPS) is 13.4. The second-order valence-corrected chi connectivity index (χ2v) is 6.55. The third kappa shape index (κ3) is 5.06. The Balaban J connectivity index is 3.29. The molecule has 0 spiro atoms. The zero-order chi connectivity index (χ0) is 19.0. The van der Waals surface area contributed by atoms with Gasteiger partial charge in [0.2, 0.25) is 11.4 Å². The molecule has 1 rings (SSSR count). The number of nitrogens with zero attached hydrogens (tertiary/aromatic N) is 2. The molecule has 0 heterocycles. The van der Waals surface area contributed by atoms with E-state index in [1.165, 1.54) is 7.11 Å². The van der Waals surface area contributed by atoms with E-state index in [4.69, 9.17) is 11.3 Å². The van der Waals surface area contributed by atoms with Gasteiger partial charge in [0, 0.05) is 26.9 Å². The molecule has 5 nitrogen and oxygen atoms in total. The highest BCUT2D eigenvalue weighted by molar-refractivity contribution is 5.85. The summed E-state index contributed by atoms with van der Waals surface area (Å²) >= 11 is 0. The number of carbonyl (C=O) groups excluding carboxylic acids is 2. The molecule has 1 amide bonds. The highest BCUT2D eigenvalue weighted by Crippen LogP contribution is 2.34. The predicted octanol–water partition coefficient (Wildman–Crippen LogP) is 3.52. The van der Waals surface area contributed by atoms with Crippen molar-refractivity contribution >= 4 is 11.9 Å². The van der Waals surface area contributed by atoms with Crippen LogP contribution in [0.2, 0.25) is 0 Å². The summed E-state index contributed by atoms with van der Waals surface area (Å²) in [4.78, 5) is 30.8. The fourth-order valence-corrected chi connectivity index (χ4v) is 2.95. The van der Waals surface area contributed by atoms with Crippen molar-refractivity contribution in [2.24, 2.45) is 5.92 Å². The summed E-state index contributed by atoms with van der Waals surface area (Å²) in [7, 11) is 1.32. The molecule has 0 saturated carbocycles. The van der Waals surface area contributed by atoms with Crippen molar-refractivity contribution in [3.05, 3.63) is 47.3 Å². The monoisotopic (exact) mass is 344 g/mol. The molecule has 0 aromatic heterocycles. The molecule has 0 saturated heterocycles. The van der Waals surface area contributed by atoms with Crippen LogP contribution in [0.1, 0.15) is 45.6 Å². The van der Waals surface area contributed by atoms with Crippen molar-refractivity contribution in [2.75, 3.05) is 20.2 Å². The molecule has 5 heteroatoms. The zero-order valence-electron chi connectivity index (χ0n) is 15.8. The second kappa shape index (κ2) is 9.22. The Morgan fingerprint density at radius 1 is 1.20 bits per heavy atom. The van der Waals surface area contributed by atoms with E-state index in [-0.39, 0.29) is 12.3 Å². The molecule has 2 atom stereocenters. The third-order valence-corrected chi connectivity index (χ3v) is 4.67. The molecule has 0 aliphatic heterocycles. The molecule has 25 heavy (non-hydrogen) atoms. The third-order valence-electron chi connectivity index (χ3n) is 4.67. The zero-order valence-corrected chi connectivity index (χ0v) is 15.8. The first-order valence-corrected chi connectivity index (χ1v) is 8.62. The van der Waals surface area contributed by atoms with E-state index >= 15 is 0 Å². The fourth-order valence-electron chi connectivity index (χ4n) is 2.95. The average molecular weight is 344 g/mol. The van der Waals surface area contributed by atoms with E-state index in [2.05, 4.69) is 4.85 Å². The van der Waals surface area contributed by atoms with Gasteiger partial charge in [0.25, 0.3) is 0 Å². The van der Waals surface area contributed by atoms with Gasteiger partial charge in [-0.3, -0.25) is 9.59 Å².